The minimum atomic E-state index is 0. The van der Waals surface area contributed by atoms with Crippen LogP contribution in [0.3, 0.4) is 0 Å². The Balaban J connectivity index is 0.00000441. The highest BCUT2D eigenvalue weighted by atomic mass is 127. The quantitative estimate of drug-likeness (QED) is 0.372. The predicted molar refractivity (Wildman–Crippen MR) is 110 cm³/mol. The third-order valence-corrected chi connectivity index (χ3v) is 4.39. The number of nitrogens with one attached hydrogen (secondary N) is 2. The number of guanidine groups is 1. The van der Waals surface area contributed by atoms with Gasteiger partial charge in [-0.05, 0) is 45.6 Å². The maximum atomic E-state index is 4.27. The summed E-state index contributed by atoms with van der Waals surface area (Å²) >= 11 is 1.80. The molecule has 0 aliphatic carbocycles. The lowest BCUT2D eigenvalue weighted by Gasteiger charge is -2.30. The van der Waals surface area contributed by atoms with Crippen LogP contribution in [-0.2, 0) is 6.42 Å². The number of thiophene rings is 1. The first-order valence-corrected chi connectivity index (χ1v) is 8.65. The van der Waals surface area contributed by atoms with Crippen LogP contribution in [-0.4, -0.2) is 49.6 Å². The Kier molecular flexibility index (Phi) is 11.9. The highest BCUT2D eigenvalue weighted by Gasteiger charge is 2.12. The van der Waals surface area contributed by atoms with E-state index in [1.165, 1.54) is 4.88 Å². The lowest BCUT2D eigenvalue weighted by atomic mass is 10.2. The van der Waals surface area contributed by atoms with E-state index >= 15 is 0 Å². The zero-order valence-electron chi connectivity index (χ0n) is 14.4. The van der Waals surface area contributed by atoms with E-state index in [9.17, 15) is 0 Å². The molecule has 0 aromatic carbocycles. The van der Waals surface area contributed by atoms with Crippen LogP contribution in [0.25, 0.3) is 0 Å². The van der Waals surface area contributed by atoms with Gasteiger partial charge in [-0.3, -0.25) is 9.89 Å². The molecule has 0 amide bonds. The SMILES string of the molecule is CN=C(NCCc1cccs1)NCCN(C(C)C)C(C)C.I. The summed E-state index contributed by atoms with van der Waals surface area (Å²) in [6.45, 7) is 11.8. The Labute approximate surface area is 156 Å². The van der Waals surface area contributed by atoms with Crippen LogP contribution in [0.1, 0.15) is 32.6 Å². The average Bonchev–Trinajstić information content (AvgIpc) is 2.93. The lowest BCUT2D eigenvalue weighted by molar-refractivity contribution is 0.178. The Morgan fingerprint density at radius 2 is 1.82 bits per heavy atom. The third kappa shape index (κ3) is 8.33. The average molecular weight is 438 g/mol. The topological polar surface area (TPSA) is 39.7 Å². The molecule has 0 atom stereocenters. The molecule has 4 nitrogen and oxygen atoms in total. The van der Waals surface area contributed by atoms with Gasteiger partial charge in [0.05, 0.1) is 0 Å². The van der Waals surface area contributed by atoms with Gasteiger partial charge >= 0.3 is 0 Å². The van der Waals surface area contributed by atoms with Crippen LogP contribution >= 0.6 is 35.3 Å². The van der Waals surface area contributed by atoms with E-state index in [1.807, 2.05) is 7.05 Å². The van der Waals surface area contributed by atoms with E-state index in [4.69, 9.17) is 0 Å². The first kappa shape index (κ1) is 21.7. The van der Waals surface area contributed by atoms with Crippen molar-refractivity contribution in [2.24, 2.45) is 4.99 Å². The van der Waals surface area contributed by atoms with Crippen LogP contribution in [0.5, 0.6) is 0 Å². The maximum Gasteiger partial charge on any atom is 0.191 e. The van der Waals surface area contributed by atoms with Crippen molar-refractivity contribution in [3.63, 3.8) is 0 Å². The normalized spacial score (nSPS) is 11.9. The van der Waals surface area contributed by atoms with Crippen LogP contribution in [0.15, 0.2) is 22.5 Å². The molecule has 0 bridgehead atoms. The molecule has 2 N–H and O–H groups in total. The number of halogens is 1. The minimum absolute atomic E-state index is 0. The molecule has 128 valence electrons. The maximum absolute atomic E-state index is 4.27. The van der Waals surface area contributed by atoms with Gasteiger partial charge in [-0.2, -0.15) is 0 Å². The first-order chi connectivity index (χ1) is 10.0. The molecule has 0 spiro atoms. The highest BCUT2D eigenvalue weighted by molar-refractivity contribution is 14.0. The second-order valence-corrected chi connectivity index (χ2v) is 6.71. The van der Waals surface area contributed by atoms with Crippen molar-refractivity contribution >= 4 is 41.3 Å². The molecule has 0 radical (unpaired) electrons. The van der Waals surface area contributed by atoms with Gasteiger partial charge < -0.3 is 10.6 Å². The van der Waals surface area contributed by atoms with Gasteiger partial charge in [-0.15, -0.1) is 35.3 Å². The molecule has 1 aromatic rings. The first-order valence-electron chi connectivity index (χ1n) is 7.77. The standard InChI is InChI=1S/C16H30N4S.HI/c1-13(2)20(14(3)4)11-10-19-16(17-5)18-9-8-15-7-6-12-21-15;/h6-7,12-14H,8-11H2,1-5H3,(H2,17,18,19);1H. The third-order valence-electron chi connectivity index (χ3n) is 3.46. The second-order valence-electron chi connectivity index (χ2n) is 5.68. The molecule has 22 heavy (non-hydrogen) atoms. The predicted octanol–water partition coefficient (Wildman–Crippen LogP) is 3.19. The molecule has 1 aromatic heterocycles. The number of nitrogens with zero attached hydrogens (tertiary/aromatic N) is 2. The Hall–Kier alpha value is -0.340. The van der Waals surface area contributed by atoms with Gasteiger partial charge in [-0.25, -0.2) is 0 Å². The number of aliphatic imine (C=N–C) groups is 1. The molecule has 1 heterocycles. The second kappa shape index (κ2) is 12.1. The molecular weight excluding hydrogens is 407 g/mol. The van der Waals surface area contributed by atoms with Gasteiger partial charge in [-0.1, -0.05) is 6.07 Å². The van der Waals surface area contributed by atoms with Crippen molar-refractivity contribution in [2.75, 3.05) is 26.7 Å². The van der Waals surface area contributed by atoms with E-state index in [2.05, 4.69) is 65.7 Å². The summed E-state index contributed by atoms with van der Waals surface area (Å²) in [4.78, 5) is 8.16. The fraction of sp³-hybridized carbons (Fsp3) is 0.688. The highest BCUT2D eigenvalue weighted by Crippen LogP contribution is 2.08. The molecular formula is C16H31IN4S. The monoisotopic (exact) mass is 438 g/mol. The summed E-state index contributed by atoms with van der Waals surface area (Å²) in [5.41, 5.74) is 0. The lowest BCUT2D eigenvalue weighted by Crippen LogP contribution is -2.45. The van der Waals surface area contributed by atoms with Crippen molar-refractivity contribution in [1.82, 2.24) is 15.5 Å². The van der Waals surface area contributed by atoms with Crippen molar-refractivity contribution in [2.45, 2.75) is 46.2 Å². The molecule has 0 unspecified atom stereocenters. The zero-order valence-corrected chi connectivity index (χ0v) is 17.6. The van der Waals surface area contributed by atoms with Crippen LogP contribution < -0.4 is 10.6 Å². The summed E-state index contributed by atoms with van der Waals surface area (Å²) in [5, 5.41) is 8.88. The number of hydrogen-bond donors (Lipinski definition) is 2. The van der Waals surface area contributed by atoms with Crippen molar-refractivity contribution in [1.29, 1.82) is 0 Å². The largest absolute Gasteiger partial charge is 0.356 e. The minimum Gasteiger partial charge on any atom is -0.356 e. The van der Waals surface area contributed by atoms with Gasteiger partial charge in [0.25, 0.3) is 0 Å². The fourth-order valence-electron chi connectivity index (χ4n) is 2.40. The van der Waals surface area contributed by atoms with E-state index in [1.54, 1.807) is 11.3 Å². The summed E-state index contributed by atoms with van der Waals surface area (Å²) < 4.78 is 0. The molecule has 0 aliphatic rings. The Bertz CT molecular complexity index is 396. The van der Waals surface area contributed by atoms with E-state index in [0.717, 1.165) is 32.0 Å². The summed E-state index contributed by atoms with van der Waals surface area (Å²) in [6.07, 6.45) is 1.04. The van der Waals surface area contributed by atoms with Crippen molar-refractivity contribution in [3.8, 4) is 0 Å². The van der Waals surface area contributed by atoms with E-state index < -0.39 is 0 Å². The van der Waals surface area contributed by atoms with E-state index in [0.29, 0.717) is 12.1 Å². The molecule has 0 aliphatic heterocycles. The summed E-state index contributed by atoms with van der Waals surface area (Å²) in [7, 11) is 1.82. The molecule has 6 heteroatoms. The van der Waals surface area contributed by atoms with Crippen LogP contribution in [0.2, 0.25) is 0 Å². The van der Waals surface area contributed by atoms with Gasteiger partial charge in [0, 0.05) is 43.6 Å². The summed E-state index contributed by atoms with van der Waals surface area (Å²) in [6, 6.07) is 5.41. The summed E-state index contributed by atoms with van der Waals surface area (Å²) in [5.74, 6) is 0.888. The molecule has 0 fully saturated rings. The van der Waals surface area contributed by atoms with Crippen molar-refractivity contribution in [3.05, 3.63) is 22.4 Å². The van der Waals surface area contributed by atoms with Crippen LogP contribution in [0, 0.1) is 0 Å². The molecule has 0 saturated heterocycles. The number of rotatable bonds is 8. The fourth-order valence-corrected chi connectivity index (χ4v) is 3.10. The van der Waals surface area contributed by atoms with Gasteiger partial charge in [0.1, 0.15) is 0 Å². The Morgan fingerprint density at radius 1 is 1.18 bits per heavy atom. The Morgan fingerprint density at radius 3 is 2.32 bits per heavy atom. The molecule has 0 saturated carbocycles. The van der Waals surface area contributed by atoms with E-state index in [-0.39, 0.29) is 24.0 Å². The smallest absolute Gasteiger partial charge is 0.191 e. The van der Waals surface area contributed by atoms with Gasteiger partial charge in [0.2, 0.25) is 0 Å². The van der Waals surface area contributed by atoms with Crippen molar-refractivity contribution < 1.29 is 0 Å². The number of hydrogen-bond acceptors (Lipinski definition) is 3. The zero-order chi connectivity index (χ0) is 15.7. The van der Waals surface area contributed by atoms with Crippen LogP contribution in [0.4, 0.5) is 0 Å². The van der Waals surface area contributed by atoms with Gasteiger partial charge in [0.15, 0.2) is 5.96 Å². The molecule has 1 rings (SSSR count).